The van der Waals surface area contributed by atoms with E-state index >= 15 is 0 Å². The molecule has 1 saturated heterocycles. The molecule has 0 aromatic heterocycles. The van der Waals surface area contributed by atoms with Crippen molar-refractivity contribution in [3.8, 4) is 0 Å². The highest BCUT2D eigenvalue weighted by atomic mass is 16.5. The van der Waals surface area contributed by atoms with Crippen LogP contribution in [0.4, 0.5) is 0 Å². The van der Waals surface area contributed by atoms with Crippen molar-refractivity contribution in [2.45, 2.75) is 38.3 Å². The fraction of sp³-hybridized carbons (Fsp3) is 1.00. The molecule has 0 aliphatic carbocycles. The monoisotopic (exact) mass is 172 g/mol. The first-order chi connectivity index (χ1) is 5.72. The van der Waals surface area contributed by atoms with E-state index in [0.29, 0.717) is 12.6 Å². The Hall–Kier alpha value is -0.120. The van der Waals surface area contributed by atoms with E-state index in [0.717, 1.165) is 26.1 Å². The number of rotatable bonds is 4. The van der Waals surface area contributed by atoms with Gasteiger partial charge >= 0.3 is 0 Å². The van der Waals surface area contributed by atoms with E-state index in [2.05, 4.69) is 19.2 Å². The van der Waals surface area contributed by atoms with Gasteiger partial charge in [-0.2, -0.15) is 0 Å². The van der Waals surface area contributed by atoms with Gasteiger partial charge in [0.05, 0.1) is 12.1 Å². The molecule has 0 spiro atoms. The van der Waals surface area contributed by atoms with E-state index < -0.39 is 0 Å². The van der Waals surface area contributed by atoms with Crippen LogP contribution >= 0.6 is 0 Å². The first-order valence-corrected chi connectivity index (χ1v) is 4.78. The highest BCUT2D eigenvalue weighted by Gasteiger charge is 2.33. The lowest BCUT2D eigenvalue weighted by atomic mass is 9.97. The topological polar surface area (TPSA) is 47.3 Å². The highest BCUT2D eigenvalue weighted by molar-refractivity contribution is 4.93. The minimum Gasteiger partial charge on any atom is -0.379 e. The van der Waals surface area contributed by atoms with E-state index in [4.69, 9.17) is 10.5 Å². The van der Waals surface area contributed by atoms with E-state index in [1.165, 1.54) is 0 Å². The largest absolute Gasteiger partial charge is 0.379 e. The molecule has 0 aromatic carbocycles. The molecule has 2 atom stereocenters. The maximum atomic E-state index is 5.73. The van der Waals surface area contributed by atoms with Crippen molar-refractivity contribution in [3.05, 3.63) is 0 Å². The summed E-state index contributed by atoms with van der Waals surface area (Å²) in [4.78, 5) is 0. The van der Waals surface area contributed by atoms with Gasteiger partial charge in [0.25, 0.3) is 0 Å². The van der Waals surface area contributed by atoms with Crippen molar-refractivity contribution in [2.24, 2.45) is 5.73 Å². The zero-order valence-electron chi connectivity index (χ0n) is 8.10. The van der Waals surface area contributed by atoms with E-state index in [1.807, 2.05) is 0 Å². The SMILES string of the molecule is CCC(C)NC1(CN)CCOC1. The van der Waals surface area contributed by atoms with Gasteiger partial charge in [0.1, 0.15) is 0 Å². The average Bonchev–Trinajstić information content (AvgIpc) is 2.54. The molecule has 0 aromatic rings. The van der Waals surface area contributed by atoms with Crippen molar-refractivity contribution >= 4 is 0 Å². The van der Waals surface area contributed by atoms with Gasteiger partial charge in [-0.25, -0.2) is 0 Å². The standard InChI is InChI=1S/C9H20N2O/c1-3-8(2)11-9(6-10)4-5-12-7-9/h8,11H,3-7,10H2,1-2H3. The van der Waals surface area contributed by atoms with Crippen molar-refractivity contribution in [2.75, 3.05) is 19.8 Å². The molecule has 72 valence electrons. The number of hydrogen-bond acceptors (Lipinski definition) is 3. The summed E-state index contributed by atoms with van der Waals surface area (Å²) in [6, 6.07) is 0.537. The van der Waals surface area contributed by atoms with Gasteiger partial charge in [-0.3, -0.25) is 0 Å². The van der Waals surface area contributed by atoms with Crippen LogP contribution in [0.1, 0.15) is 26.7 Å². The quantitative estimate of drug-likeness (QED) is 0.649. The van der Waals surface area contributed by atoms with Gasteiger partial charge in [0.15, 0.2) is 0 Å². The van der Waals surface area contributed by atoms with Crippen LogP contribution in [0.2, 0.25) is 0 Å². The van der Waals surface area contributed by atoms with E-state index in [1.54, 1.807) is 0 Å². The van der Waals surface area contributed by atoms with E-state index in [9.17, 15) is 0 Å². The Labute approximate surface area is 74.7 Å². The highest BCUT2D eigenvalue weighted by Crippen LogP contribution is 2.18. The molecule has 3 nitrogen and oxygen atoms in total. The molecule has 2 unspecified atom stereocenters. The average molecular weight is 172 g/mol. The predicted octanol–water partition coefficient (Wildman–Crippen LogP) is 0.492. The Bertz CT molecular complexity index is 132. The molecule has 3 heteroatoms. The molecule has 12 heavy (non-hydrogen) atoms. The predicted molar refractivity (Wildman–Crippen MR) is 50.1 cm³/mol. The van der Waals surface area contributed by atoms with Crippen molar-refractivity contribution in [1.82, 2.24) is 5.32 Å². The zero-order valence-corrected chi connectivity index (χ0v) is 8.10. The van der Waals surface area contributed by atoms with Gasteiger partial charge < -0.3 is 15.8 Å². The molecule has 0 bridgehead atoms. The summed E-state index contributed by atoms with van der Waals surface area (Å²) in [7, 11) is 0. The Balaban J connectivity index is 2.43. The molecular weight excluding hydrogens is 152 g/mol. The van der Waals surface area contributed by atoms with Crippen LogP contribution in [0.15, 0.2) is 0 Å². The summed E-state index contributed by atoms with van der Waals surface area (Å²) in [6.07, 6.45) is 2.19. The zero-order chi connectivity index (χ0) is 9.03. The fourth-order valence-electron chi connectivity index (χ4n) is 1.57. The van der Waals surface area contributed by atoms with Gasteiger partial charge in [0.2, 0.25) is 0 Å². The summed E-state index contributed by atoms with van der Waals surface area (Å²) in [5.41, 5.74) is 5.79. The molecule has 0 saturated carbocycles. The molecule has 1 aliphatic rings. The van der Waals surface area contributed by atoms with Crippen LogP contribution in [0.25, 0.3) is 0 Å². The molecule has 1 rings (SSSR count). The Morgan fingerprint density at radius 3 is 2.83 bits per heavy atom. The first kappa shape index (κ1) is 9.96. The molecule has 0 amide bonds. The minimum atomic E-state index is 0.0649. The van der Waals surface area contributed by atoms with Gasteiger partial charge in [0, 0.05) is 19.2 Å². The van der Waals surface area contributed by atoms with Crippen molar-refractivity contribution < 1.29 is 4.74 Å². The van der Waals surface area contributed by atoms with Gasteiger partial charge in [-0.05, 0) is 19.8 Å². The normalized spacial score (nSPS) is 32.2. The van der Waals surface area contributed by atoms with Crippen LogP contribution in [0, 0.1) is 0 Å². The maximum absolute atomic E-state index is 5.73. The summed E-state index contributed by atoms with van der Waals surface area (Å²) in [6.45, 7) is 6.67. The summed E-state index contributed by atoms with van der Waals surface area (Å²) in [5.74, 6) is 0. The molecule has 0 radical (unpaired) electrons. The Kier molecular flexibility index (Phi) is 3.50. The smallest absolute Gasteiger partial charge is 0.0661 e. The molecule has 3 N–H and O–H groups in total. The third kappa shape index (κ3) is 2.19. The lowest BCUT2D eigenvalue weighted by molar-refractivity contribution is 0.163. The lowest BCUT2D eigenvalue weighted by Crippen LogP contribution is -2.54. The fourth-order valence-corrected chi connectivity index (χ4v) is 1.57. The molecule has 1 heterocycles. The number of ether oxygens (including phenoxy) is 1. The van der Waals surface area contributed by atoms with Crippen LogP contribution in [-0.2, 0) is 4.74 Å². The Morgan fingerprint density at radius 2 is 2.42 bits per heavy atom. The molecule has 1 fully saturated rings. The van der Waals surface area contributed by atoms with Gasteiger partial charge in [-0.15, -0.1) is 0 Å². The number of hydrogen-bond donors (Lipinski definition) is 2. The summed E-state index contributed by atoms with van der Waals surface area (Å²) >= 11 is 0. The van der Waals surface area contributed by atoms with Crippen LogP contribution in [0.5, 0.6) is 0 Å². The second kappa shape index (κ2) is 4.21. The van der Waals surface area contributed by atoms with Crippen molar-refractivity contribution in [1.29, 1.82) is 0 Å². The van der Waals surface area contributed by atoms with Crippen LogP contribution < -0.4 is 11.1 Å². The van der Waals surface area contributed by atoms with Crippen LogP contribution in [-0.4, -0.2) is 31.3 Å². The van der Waals surface area contributed by atoms with Gasteiger partial charge in [-0.1, -0.05) is 6.92 Å². The second-order valence-corrected chi connectivity index (χ2v) is 3.74. The number of nitrogens with one attached hydrogen (secondary N) is 1. The minimum absolute atomic E-state index is 0.0649. The van der Waals surface area contributed by atoms with Crippen LogP contribution in [0.3, 0.4) is 0 Å². The summed E-state index contributed by atoms with van der Waals surface area (Å²) < 4.78 is 5.35. The van der Waals surface area contributed by atoms with Crippen molar-refractivity contribution in [3.63, 3.8) is 0 Å². The molecule has 1 aliphatic heterocycles. The summed E-state index contributed by atoms with van der Waals surface area (Å²) in [5, 5.41) is 3.54. The lowest BCUT2D eigenvalue weighted by Gasteiger charge is -2.30. The second-order valence-electron chi connectivity index (χ2n) is 3.74. The maximum Gasteiger partial charge on any atom is 0.0661 e. The molecular formula is C9H20N2O. The Morgan fingerprint density at radius 1 is 1.67 bits per heavy atom. The third-order valence-electron chi connectivity index (χ3n) is 2.66. The number of nitrogens with two attached hydrogens (primary N) is 1. The third-order valence-corrected chi connectivity index (χ3v) is 2.66. The first-order valence-electron chi connectivity index (χ1n) is 4.78. The van der Waals surface area contributed by atoms with E-state index in [-0.39, 0.29) is 5.54 Å².